The van der Waals surface area contributed by atoms with E-state index in [0.717, 1.165) is 4.90 Å². The number of fused-ring (bicyclic) bond motifs is 1. The minimum absolute atomic E-state index is 0.218. The summed E-state index contributed by atoms with van der Waals surface area (Å²) in [6, 6.07) is 3.56. The highest BCUT2D eigenvalue weighted by molar-refractivity contribution is 6.31. The molecule has 7 nitrogen and oxygen atoms in total. The summed E-state index contributed by atoms with van der Waals surface area (Å²) in [6.07, 6.45) is -0.894. The number of amides is 1. The van der Waals surface area contributed by atoms with Gasteiger partial charge in [-0.1, -0.05) is 18.5 Å². The van der Waals surface area contributed by atoms with Gasteiger partial charge in [-0.3, -0.25) is 9.69 Å². The molecule has 142 valence electrons. The lowest BCUT2D eigenvalue weighted by Crippen LogP contribution is -2.65. The summed E-state index contributed by atoms with van der Waals surface area (Å²) in [5.74, 6) is -2.20. The number of Topliss-reactive ketones (excluding diaryl/α,β-unsaturated/α-hetero) is 1. The number of rotatable bonds is 4. The lowest BCUT2D eigenvalue weighted by molar-refractivity contribution is -0.148. The Morgan fingerprint density at radius 1 is 1.38 bits per heavy atom. The van der Waals surface area contributed by atoms with Crippen LogP contribution < -0.4 is 10.6 Å². The molecule has 1 amide bonds. The number of anilines is 1. The average molecular weight is 383 g/mol. The molecule has 1 aliphatic heterocycles. The van der Waals surface area contributed by atoms with E-state index in [0.29, 0.717) is 10.6 Å². The van der Waals surface area contributed by atoms with E-state index in [9.17, 15) is 19.5 Å². The van der Waals surface area contributed by atoms with Gasteiger partial charge in [0, 0.05) is 11.4 Å². The summed E-state index contributed by atoms with van der Waals surface area (Å²) >= 11 is 6.01. The van der Waals surface area contributed by atoms with Crippen LogP contribution in [0.5, 0.6) is 0 Å². The molecule has 1 heterocycles. The van der Waals surface area contributed by atoms with Crippen LogP contribution in [-0.2, 0) is 20.7 Å². The van der Waals surface area contributed by atoms with E-state index in [2.05, 4.69) is 0 Å². The first-order valence-electron chi connectivity index (χ1n) is 8.29. The second kappa shape index (κ2) is 6.89. The Morgan fingerprint density at radius 3 is 2.50 bits per heavy atom. The number of carbonyl (C=O) groups excluding carboxylic acids is 2. The predicted octanol–water partition coefficient (Wildman–Crippen LogP) is 2.77. The Hall–Kier alpha value is -2.12. The predicted molar refractivity (Wildman–Crippen MR) is 97.5 cm³/mol. The van der Waals surface area contributed by atoms with E-state index in [4.69, 9.17) is 22.1 Å². The molecule has 0 unspecified atom stereocenters. The Labute approximate surface area is 157 Å². The SMILES string of the molecule is CC[C@H](N)C(=O)[C@]1(C(=O)O)Cc2cc(Cl)ccc2N1C(=O)OC(C)(C)C. The summed E-state index contributed by atoms with van der Waals surface area (Å²) in [7, 11) is 0. The molecular weight excluding hydrogens is 360 g/mol. The lowest BCUT2D eigenvalue weighted by atomic mass is 9.85. The molecule has 2 rings (SSSR count). The van der Waals surface area contributed by atoms with Crippen molar-refractivity contribution in [1.29, 1.82) is 0 Å². The summed E-state index contributed by atoms with van der Waals surface area (Å²) in [6.45, 7) is 6.65. The van der Waals surface area contributed by atoms with Crippen molar-refractivity contribution in [3.63, 3.8) is 0 Å². The Balaban J connectivity index is 2.67. The minimum atomic E-state index is -2.16. The first-order valence-corrected chi connectivity index (χ1v) is 8.66. The first kappa shape index (κ1) is 20.2. The van der Waals surface area contributed by atoms with Crippen LogP contribution in [0, 0.1) is 0 Å². The zero-order chi connectivity index (χ0) is 19.9. The van der Waals surface area contributed by atoms with Crippen molar-refractivity contribution in [2.45, 2.75) is 57.7 Å². The fourth-order valence-electron chi connectivity index (χ4n) is 3.00. The van der Waals surface area contributed by atoms with E-state index >= 15 is 0 Å². The van der Waals surface area contributed by atoms with Gasteiger partial charge in [0.2, 0.25) is 5.54 Å². The maximum absolute atomic E-state index is 13.0. The van der Waals surface area contributed by atoms with Crippen LogP contribution in [0.2, 0.25) is 5.02 Å². The third-order valence-corrected chi connectivity index (χ3v) is 4.46. The third-order valence-electron chi connectivity index (χ3n) is 4.22. The molecule has 1 aliphatic rings. The molecule has 0 bridgehead atoms. The number of halogens is 1. The number of nitrogens with two attached hydrogens (primary N) is 1. The first-order chi connectivity index (χ1) is 11.9. The van der Waals surface area contributed by atoms with Crippen LogP contribution in [0.4, 0.5) is 10.5 Å². The Morgan fingerprint density at radius 2 is 2.00 bits per heavy atom. The normalized spacial score (nSPS) is 20.5. The number of carbonyl (C=O) groups is 3. The molecule has 0 saturated carbocycles. The van der Waals surface area contributed by atoms with Crippen molar-refractivity contribution in [3.8, 4) is 0 Å². The molecular formula is C18H23ClN2O5. The maximum atomic E-state index is 13.0. The zero-order valence-electron chi connectivity index (χ0n) is 15.2. The Bertz CT molecular complexity index is 758. The number of carboxylic acids is 1. The molecule has 0 aromatic heterocycles. The van der Waals surface area contributed by atoms with Gasteiger partial charge in [0.1, 0.15) is 5.60 Å². The van der Waals surface area contributed by atoms with Gasteiger partial charge in [0.25, 0.3) is 0 Å². The van der Waals surface area contributed by atoms with E-state index < -0.39 is 35.0 Å². The molecule has 1 aromatic carbocycles. The number of hydrogen-bond acceptors (Lipinski definition) is 5. The number of ether oxygens (including phenoxy) is 1. The standard InChI is InChI=1S/C18H23ClN2O5/c1-5-12(20)14(22)18(15(23)24)9-10-8-11(19)6-7-13(10)21(18)16(25)26-17(2,3)4/h6-8,12H,5,9,20H2,1-4H3,(H,23,24)/t12-,18-/m0/s1. The summed E-state index contributed by atoms with van der Waals surface area (Å²) < 4.78 is 5.38. The van der Waals surface area contributed by atoms with Gasteiger partial charge in [-0.25, -0.2) is 9.59 Å². The summed E-state index contributed by atoms with van der Waals surface area (Å²) in [5.41, 5.74) is 3.58. The zero-order valence-corrected chi connectivity index (χ0v) is 16.0. The van der Waals surface area contributed by atoms with E-state index in [1.54, 1.807) is 33.8 Å². The molecule has 0 fully saturated rings. The van der Waals surface area contributed by atoms with Gasteiger partial charge in [-0.2, -0.15) is 0 Å². The minimum Gasteiger partial charge on any atom is -0.479 e. The van der Waals surface area contributed by atoms with Gasteiger partial charge < -0.3 is 15.6 Å². The number of nitrogens with zero attached hydrogens (tertiary/aromatic N) is 1. The van der Waals surface area contributed by atoms with Crippen LogP contribution in [0.15, 0.2) is 18.2 Å². The van der Waals surface area contributed by atoms with Crippen LogP contribution >= 0.6 is 11.6 Å². The largest absolute Gasteiger partial charge is 0.479 e. The highest BCUT2D eigenvalue weighted by atomic mass is 35.5. The van der Waals surface area contributed by atoms with Crippen LogP contribution in [0.3, 0.4) is 0 Å². The third kappa shape index (κ3) is 3.41. The number of aliphatic carboxylic acids is 1. The van der Waals surface area contributed by atoms with Crippen LogP contribution in [0.25, 0.3) is 0 Å². The molecule has 1 aromatic rings. The molecule has 0 spiro atoms. The topological polar surface area (TPSA) is 110 Å². The number of ketones is 1. The number of benzene rings is 1. The summed E-state index contributed by atoms with van der Waals surface area (Å²) in [4.78, 5) is 39.0. The lowest BCUT2D eigenvalue weighted by Gasteiger charge is -2.36. The quantitative estimate of drug-likeness (QED) is 0.775. The summed E-state index contributed by atoms with van der Waals surface area (Å²) in [5, 5.41) is 10.4. The van der Waals surface area contributed by atoms with Crippen molar-refractivity contribution in [1.82, 2.24) is 0 Å². The fourth-order valence-corrected chi connectivity index (χ4v) is 3.20. The Kier molecular flexibility index (Phi) is 5.35. The van der Waals surface area contributed by atoms with E-state index in [1.165, 1.54) is 12.1 Å². The average Bonchev–Trinajstić information content (AvgIpc) is 2.86. The van der Waals surface area contributed by atoms with Crippen molar-refractivity contribution < 1.29 is 24.2 Å². The molecule has 26 heavy (non-hydrogen) atoms. The van der Waals surface area contributed by atoms with Crippen LogP contribution in [-0.4, -0.2) is 40.1 Å². The molecule has 0 saturated heterocycles. The number of hydrogen-bond donors (Lipinski definition) is 2. The smallest absolute Gasteiger partial charge is 0.416 e. The molecule has 3 N–H and O–H groups in total. The van der Waals surface area contributed by atoms with Gasteiger partial charge in [0.05, 0.1) is 11.7 Å². The van der Waals surface area contributed by atoms with Gasteiger partial charge in [-0.05, 0) is 51.0 Å². The van der Waals surface area contributed by atoms with Crippen molar-refractivity contribution >= 4 is 35.1 Å². The monoisotopic (exact) mass is 382 g/mol. The highest BCUT2D eigenvalue weighted by Crippen LogP contribution is 2.42. The second-order valence-corrected chi connectivity index (χ2v) is 7.75. The number of carboxylic acid groups (broad SMARTS) is 1. The van der Waals surface area contributed by atoms with Gasteiger partial charge >= 0.3 is 12.1 Å². The molecule has 8 heteroatoms. The van der Waals surface area contributed by atoms with Crippen LogP contribution in [0.1, 0.15) is 39.7 Å². The van der Waals surface area contributed by atoms with Crippen molar-refractivity contribution in [3.05, 3.63) is 28.8 Å². The maximum Gasteiger partial charge on any atom is 0.416 e. The molecule has 2 atom stereocenters. The highest BCUT2D eigenvalue weighted by Gasteiger charge is 2.60. The molecule has 0 aliphatic carbocycles. The van der Waals surface area contributed by atoms with E-state index in [-0.39, 0.29) is 18.5 Å². The van der Waals surface area contributed by atoms with Crippen molar-refractivity contribution in [2.75, 3.05) is 4.90 Å². The van der Waals surface area contributed by atoms with Gasteiger partial charge in [-0.15, -0.1) is 0 Å². The fraction of sp³-hybridized carbons (Fsp3) is 0.500. The van der Waals surface area contributed by atoms with Gasteiger partial charge in [0.15, 0.2) is 5.78 Å². The van der Waals surface area contributed by atoms with Crippen molar-refractivity contribution in [2.24, 2.45) is 5.73 Å². The van der Waals surface area contributed by atoms with E-state index in [1.807, 2.05) is 0 Å². The molecule has 0 radical (unpaired) electrons. The second-order valence-electron chi connectivity index (χ2n) is 7.31.